The molecule has 180 valence electrons. The zero-order chi connectivity index (χ0) is 24.5. The fourth-order valence-corrected chi connectivity index (χ4v) is 4.37. The van der Waals surface area contributed by atoms with Gasteiger partial charge in [0.1, 0.15) is 5.70 Å². The number of nitrogens with zero attached hydrogens (tertiary/aromatic N) is 1. The second-order valence-corrected chi connectivity index (χ2v) is 9.07. The Hall–Kier alpha value is -3.06. The van der Waals surface area contributed by atoms with Gasteiger partial charge >= 0.3 is 0 Å². The molecule has 1 fully saturated rings. The summed E-state index contributed by atoms with van der Waals surface area (Å²) in [6.45, 7) is 4.20. The van der Waals surface area contributed by atoms with Crippen LogP contribution in [0.25, 0.3) is 6.08 Å². The SMILES string of the molecule is C=C(C(=O)NC1CCCCC1)N(Cc1ccccc1Br)C(=O)/C=C/c1ccc(OC)c(OC)c1. The first-order valence-corrected chi connectivity index (χ1v) is 12.2. The molecule has 0 unspecified atom stereocenters. The molecule has 0 radical (unpaired) electrons. The Kier molecular flexibility index (Phi) is 9.33. The van der Waals surface area contributed by atoms with E-state index in [9.17, 15) is 9.59 Å². The summed E-state index contributed by atoms with van der Waals surface area (Å²) >= 11 is 3.53. The lowest BCUT2D eigenvalue weighted by atomic mass is 9.95. The average Bonchev–Trinajstić information content (AvgIpc) is 2.86. The molecule has 0 aromatic heterocycles. The van der Waals surface area contributed by atoms with Crippen LogP contribution in [0.15, 0.2) is 65.3 Å². The van der Waals surface area contributed by atoms with Crippen LogP contribution >= 0.6 is 15.9 Å². The van der Waals surface area contributed by atoms with Gasteiger partial charge in [0, 0.05) is 16.6 Å². The predicted molar refractivity (Wildman–Crippen MR) is 137 cm³/mol. The van der Waals surface area contributed by atoms with Crippen LogP contribution in [-0.2, 0) is 16.1 Å². The minimum absolute atomic E-state index is 0.126. The molecule has 3 rings (SSSR count). The van der Waals surface area contributed by atoms with E-state index < -0.39 is 0 Å². The van der Waals surface area contributed by atoms with Gasteiger partial charge in [-0.1, -0.05) is 66.0 Å². The van der Waals surface area contributed by atoms with Gasteiger partial charge in [-0.05, 0) is 48.2 Å². The minimum atomic E-state index is -0.339. The van der Waals surface area contributed by atoms with Gasteiger partial charge < -0.3 is 14.8 Å². The first-order chi connectivity index (χ1) is 16.4. The van der Waals surface area contributed by atoms with Gasteiger partial charge in [0.2, 0.25) is 0 Å². The Morgan fingerprint density at radius 3 is 2.47 bits per heavy atom. The minimum Gasteiger partial charge on any atom is -0.493 e. The summed E-state index contributed by atoms with van der Waals surface area (Å²) in [7, 11) is 3.13. The molecule has 1 saturated carbocycles. The lowest BCUT2D eigenvalue weighted by molar-refractivity contribution is -0.129. The zero-order valence-electron chi connectivity index (χ0n) is 19.7. The Morgan fingerprint density at radius 1 is 1.09 bits per heavy atom. The largest absolute Gasteiger partial charge is 0.493 e. The van der Waals surface area contributed by atoms with Crippen molar-refractivity contribution >= 4 is 33.8 Å². The molecule has 6 nitrogen and oxygen atoms in total. The number of rotatable bonds is 9. The van der Waals surface area contributed by atoms with Crippen LogP contribution in [-0.4, -0.2) is 37.0 Å². The lowest BCUT2D eigenvalue weighted by Gasteiger charge is -2.27. The highest BCUT2D eigenvalue weighted by atomic mass is 79.9. The van der Waals surface area contributed by atoms with Crippen LogP contribution in [0.4, 0.5) is 0 Å². The van der Waals surface area contributed by atoms with Gasteiger partial charge in [-0.25, -0.2) is 0 Å². The Labute approximate surface area is 209 Å². The smallest absolute Gasteiger partial charge is 0.267 e. The quantitative estimate of drug-likeness (QED) is 0.440. The number of carbonyl (C=O) groups excluding carboxylic acids is 2. The van der Waals surface area contributed by atoms with Gasteiger partial charge in [-0.2, -0.15) is 0 Å². The summed E-state index contributed by atoms with van der Waals surface area (Å²) in [6, 6.07) is 13.1. The van der Waals surface area contributed by atoms with Crippen molar-refractivity contribution in [1.29, 1.82) is 0 Å². The van der Waals surface area contributed by atoms with Gasteiger partial charge in [0.25, 0.3) is 11.8 Å². The summed E-state index contributed by atoms with van der Waals surface area (Å²) < 4.78 is 11.5. The highest BCUT2D eigenvalue weighted by Gasteiger charge is 2.24. The van der Waals surface area contributed by atoms with Crippen molar-refractivity contribution in [2.24, 2.45) is 0 Å². The highest BCUT2D eigenvalue weighted by Crippen LogP contribution is 2.28. The molecular formula is C27H31BrN2O4. The van der Waals surface area contributed by atoms with Crippen LogP contribution in [0, 0.1) is 0 Å². The molecule has 0 atom stereocenters. The van der Waals surface area contributed by atoms with Crippen LogP contribution in [0.3, 0.4) is 0 Å². The molecule has 0 saturated heterocycles. The van der Waals surface area contributed by atoms with Crippen LogP contribution in [0.1, 0.15) is 43.2 Å². The maximum atomic E-state index is 13.3. The zero-order valence-corrected chi connectivity index (χ0v) is 21.3. The van der Waals surface area contributed by atoms with Gasteiger partial charge in [0.15, 0.2) is 11.5 Å². The van der Waals surface area contributed by atoms with E-state index >= 15 is 0 Å². The van der Waals surface area contributed by atoms with E-state index in [1.807, 2.05) is 30.3 Å². The Bertz CT molecular complexity index is 1060. The number of methoxy groups -OCH3 is 2. The van der Waals surface area contributed by atoms with Crippen molar-refractivity contribution in [1.82, 2.24) is 10.2 Å². The summed E-state index contributed by atoms with van der Waals surface area (Å²) in [5, 5.41) is 3.06. The first-order valence-electron chi connectivity index (χ1n) is 11.4. The summed E-state index contributed by atoms with van der Waals surface area (Å²) in [4.78, 5) is 27.7. The molecule has 2 aromatic carbocycles. The van der Waals surface area contributed by atoms with E-state index in [1.54, 1.807) is 32.4 Å². The van der Waals surface area contributed by atoms with E-state index in [2.05, 4.69) is 27.8 Å². The van der Waals surface area contributed by atoms with Crippen molar-refractivity contribution in [2.45, 2.75) is 44.7 Å². The third kappa shape index (κ3) is 6.73. The first kappa shape index (κ1) is 25.6. The molecule has 0 aliphatic heterocycles. The van der Waals surface area contributed by atoms with E-state index in [0.717, 1.165) is 41.3 Å². The summed E-state index contributed by atoms with van der Waals surface area (Å²) in [6.07, 6.45) is 8.44. The predicted octanol–water partition coefficient (Wildman–Crippen LogP) is 5.47. The number of ether oxygens (including phenoxy) is 2. The number of halogens is 1. The molecule has 1 N–H and O–H groups in total. The van der Waals surface area contributed by atoms with Crippen LogP contribution < -0.4 is 14.8 Å². The van der Waals surface area contributed by atoms with Crippen molar-refractivity contribution in [3.63, 3.8) is 0 Å². The molecule has 1 aliphatic rings. The second-order valence-electron chi connectivity index (χ2n) is 8.22. The molecule has 0 heterocycles. The van der Waals surface area contributed by atoms with Crippen LogP contribution in [0.2, 0.25) is 0 Å². The number of nitrogens with one attached hydrogen (secondary N) is 1. The summed E-state index contributed by atoms with van der Waals surface area (Å²) in [5.41, 5.74) is 1.77. The van der Waals surface area contributed by atoms with Gasteiger partial charge in [-0.15, -0.1) is 0 Å². The number of hydrogen-bond acceptors (Lipinski definition) is 4. The molecule has 7 heteroatoms. The third-order valence-electron chi connectivity index (χ3n) is 5.91. The molecular weight excluding hydrogens is 496 g/mol. The Morgan fingerprint density at radius 2 is 1.79 bits per heavy atom. The maximum Gasteiger partial charge on any atom is 0.267 e. The average molecular weight is 527 g/mol. The molecule has 2 aromatic rings. The number of benzene rings is 2. The van der Waals surface area contributed by atoms with Gasteiger partial charge in [0.05, 0.1) is 20.8 Å². The second kappa shape index (κ2) is 12.4. The fraction of sp³-hybridized carbons (Fsp3) is 0.333. The lowest BCUT2D eigenvalue weighted by Crippen LogP contribution is -2.42. The van der Waals surface area contributed by atoms with E-state index in [1.165, 1.54) is 17.4 Å². The molecule has 34 heavy (non-hydrogen) atoms. The monoisotopic (exact) mass is 526 g/mol. The van der Waals surface area contributed by atoms with Crippen molar-refractivity contribution in [3.8, 4) is 11.5 Å². The van der Waals surface area contributed by atoms with E-state index in [4.69, 9.17) is 9.47 Å². The molecule has 2 amide bonds. The van der Waals surface area contributed by atoms with E-state index in [-0.39, 0.29) is 30.1 Å². The van der Waals surface area contributed by atoms with Crippen molar-refractivity contribution < 1.29 is 19.1 Å². The fourth-order valence-electron chi connectivity index (χ4n) is 3.96. The van der Waals surface area contributed by atoms with Gasteiger partial charge in [-0.3, -0.25) is 14.5 Å². The van der Waals surface area contributed by atoms with E-state index in [0.29, 0.717) is 11.5 Å². The third-order valence-corrected chi connectivity index (χ3v) is 6.68. The van der Waals surface area contributed by atoms with Crippen LogP contribution in [0.5, 0.6) is 11.5 Å². The molecule has 1 aliphatic carbocycles. The number of carbonyl (C=O) groups is 2. The topological polar surface area (TPSA) is 67.9 Å². The normalized spacial score (nSPS) is 14.0. The van der Waals surface area contributed by atoms with Crippen molar-refractivity contribution in [2.75, 3.05) is 14.2 Å². The maximum absolute atomic E-state index is 13.3. The van der Waals surface area contributed by atoms with Crippen molar-refractivity contribution in [3.05, 3.63) is 76.4 Å². The Balaban J connectivity index is 1.81. The highest BCUT2D eigenvalue weighted by molar-refractivity contribution is 9.10. The summed E-state index contributed by atoms with van der Waals surface area (Å²) in [5.74, 6) is 0.522. The molecule has 0 spiro atoms. The molecule has 0 bridgehead atoms. The standard InChI is InChI=1S/C27H31BrN2O4/c1-19(27(32)29-22-10-5-4-6-11-22)30(18-21-9-7-8-12-23(21)28)26(31)16-14-20-13-15-24(33-2)25(17-20)34-3/h7-9,12-17,22H,1,4-6,10-11,18H2,2-3H3,(H,29,32)/b16-14+. The number of hydrogen-bond donors (Lipinski definition) is 1. The number of amides is 2.